The summed E-state index contributed by atoms with van der Waals surface area (Å²) in [5.74, 6) is -0.458. The molecule has 2 saturated heterocycles. The summed E-state index contributed by atoms with van der Waals surface area (Å²) in [6.07, 6.45) is 5.15. The Bertz CT molecular complexity index is 976. The monoisotopic (exact) mass is 434 g/mol. The molecular weight excluding hydrogens is 404 g/mol. The molecule has 7 nitrogen and oxygen atoms in total. The van der Waals surface area contributed by atoms with Gasteiger partial charge in [0.1, 0.15) is 6.04 Å². The highest BCUT2D eigenvalue weighted by Gasteiger charge is 2.42. The molecule has 0 radical (unpaired) electrons. The van der Waals surface area contributed by atoms with Gasteiger partial charge in [-0.05, 0) is 29.2 Å². The van der Waals surface area contributed by atoms with Crippen molar-refractivity contribution < 1.29 is 14.4 Å². The topological polar surface area (TPSA) is 73.8 Å². The number of piperazine rings is 1. The summed E-state index contributed by atoms with van der Waals surface area (Å²) in [6.45, 7) is 4.23. The largest absolute Gasteiger partial charge is 0.345 e. The van der Waals surface area contributed by atoms with Crippen molar-refractivity contribution in [3.8, 4) is 11.1 Å². The highest BCUT2D eigenvalue weighted by atomic mass is 16.2. The van der Waals surface area contributed by atoms with Crippen molar-refractivity contribution in [3.05, 3.63) is 54.4 Å². The smallest absolute Gasteiger partial charge is 0.245 e. The summed E-state index contributed by atoms with van der Waals surface area (Å²) < 4.78 is 0. The van der Waals surface area contributed by atoms with Crippen LogP contribution in [0.2, 0.25) is 0 Å². The van der Waals surface area contributed by atoms with Gasteiger partial charge in [-0.1, -0.05) is 37.3 Å². The van der Waals surface area contributed by atoms with Crippen LogP contribution in [0.25, 0.3) is 11.1 Å². The van der Waals surface area contributed by atoms with Gasteiger partial charge in [-0.25, -0.2) is 0 Å². The Kier molecular flexibility index (Phi) is 6.53. The van der Waals surface area contributed by atoms with Crippen LogP contribution in [0.3, 0.4) is 0 Å². The molecule has 2 aromatic rings. The number of hydrogen-bond donors (Lipinski definition) is 0. The summed E-state index contributed by atoms with van der Waals surface area (Å²) in [6, 6.07) is 11.5. The third-order valence-electron chi connectivity index (χ3n) is 6.43. The van der Waals surface area contributed by atoms with Gasteiger partial charge >= 0.3 is 0 Å². The van der Waals surface area contributed by atoms with E-state index in [1.54, 1.807) is 23.0 Å². The summed E-state index contributed by atoms with van der Waals surface area (Å²) in [5.41, 5.74) is 3.10. The third kappa shape index (κ3) is 4.52. The van der Waals surface area contributed by atoms with Crippen molar-refractivity contribution in [1.82, 2.24) is 19.7 Å². The second-order valence-electron chi connectivity index (χ2n) is 8.69. The minimum Gasteiger partial charge on any atom is -0.345 e. The number of pyridine rings is 1. The second kappa shape index (κ2) is 9.51. The first-order valence-electron chi connectivity index (χ1n) is 11.3. The van der Waals surface area contributed by atoms with Gasteiger partial charge in [0, 0.05) is 58.5 Å². The molecule has 7 heteroatoms. The molecule has 0 unspecified atom stereocenters. The Morgan fingerprint density at radius 2 is 1.88 bits per heavy atom. The normalized spacial score (nSPS) is 21.4. The van der Waals surface area contributed by atoms with Crippen molar-refractivity contribution in [2.75, 3.05) is 33.2 Å². The molecule has 3 heterocycles. The molecule has 2 fully saturated rings. The van der Waals surface area contributed by atoms with E-state index in [1.807, 2.05) is 47.5 Å². The molecule has 2 atom stereocenters. The second-order valence-corrected chi connectivity index (χ2v) is 8.69. The predicted octanol–water partition coefficient (Wildman–Crippen LogP) is 2.22. The van der Waals surface area contributed by atoms with Gasteiger partial charge in [-0.15, -0.1) is 0 Å². The molecule has 3 amide bonds. The number of nitrogens with zero attached hydrogens (tertiary/aromatic N) is 4. The van der Waals surface area contributed by atoms with Crippen LogP contribution in [0.15, 0.2) is 48.8 Å². The van der Waals surface area contributed by atoms with Gasteiger partial charge in [-0.3, -0.25) is 19.4 Å². The lowest BCUT2D eigenvalue weighted by Crippen LogP contribution is -2.60. The van der Waals surface area contributed by atoms with Crippen LogP contribution in [-0.4, -0.2) is 76.7 Å². The first-order chi connectivity index (χ1) is 15.5. The minimum atomic E-state index is -0.534. The lowest BCUT2D eigenvalue weighted by atomic mass is 9.96. The maximum absolute atomic E-state index is 13.3. The molecule has 2 aliphatic heterocycles. The van der Waals surface area contributed by atoms with Gasteiger partial charge in [0.05, 0.1) is 5.92 Å². The number of rotatable bonds is 6. The average molecular weight is 435 g/mol. The van der Waals surface area contributed by atoms with Crippen LogP contribution in [0, 0.1) is 5.92 Å². The summed E-state index contributed by atoms with van der Waals surface area (Å²) in [7, 11) is 1.72. The molecule has 4 rings (SSSR count). The molecule has 168 valence electrons. The zero-order chi connectivity index (χ0) is 22.7. The van der Waals surface area contributed by atoms with E-state index in [0.29, 0.717) is 32.6 Å². The van der Waals surface area contributed by atoms with Crippen molar-refractivity contribution >= 4 is 17.7 Å². The van der Waals surface area contributed by atoms with Crippen LogP contribution in [0.1, 0.15) is 25.3 Å². The van der Waals surface area contributed by atoms with Crippen LogP contribution in [0.4, 0.5) is 0 Å². The lowest BCUT2D eigenvalue weighted by molar-refractivity contribution is -0.153. The first kappa shape index (κ1) is 22.0. The molecule has 0 bridgehead atoms. The summed E-state index contributed by atoms with van der Waals surface area (Å²) >= 11 is 0. The lowest BCUT2D eigenvalue weighted by Gasteiger charge is -2.41. The zero-order valence-electron chi connectivity index (χ0n) is 18.7. The van der Waals surface area contributed by atoms with E-state index >= 15 is 0 Å². The van der Waals surface area contributed by atoms with Gasteiger partial charge in [0.15, 0.2) is 0 Å². The zero-order valence-corrected chi connectivity index (χ0v) is 18.7. The number of amides is 3. The first-order valence-corrected chi connectivity index (χ1v) is 11.3. The molecule has 2 aliphatic rings. The third-order valence-corrected chi connectivity index (χ3v) is 6.43. The van der Waals surface area contributed by atoms with E-state index in [4.69, 9.17) is 0 Å². The fourth-order valence-corrected chi connectivity index (χ4v) is 4.65. The Morgan fingerprint density at radius 1 is 1.09 bits per heavy atom. The van der Waals surface area contributed by atoms with Crippen LogP contribution < -0.4 is 0 Å². The van der Waals surface area contributed by atoms with Gasteiger partial charge in [-0.2, -0.15) is 0 Å². The number of aromatic nitrogens is 1. The SMILES string of the molecule is CCCN1CCN(C(=O)[C@@H]2CC(=O)N(C)C2)[C@@H](Cc2ccc(-c3cccnc3)cc2)C1=O. The fraction of sp³-hybridized carbons (Fsp3) is 0.440. The Balaban J connectivity index is 1.54. The molecule has 0 N–H and O–H groups in total. The predicted molar refractivity (Wildman–Crippen MR) is 121 cm³/mol. The van der Waals surface area contributed by atoms with E-state index in [2.05, 4.69) is 11.9 Å². The molecule has 0 aliphatic carbocycles. The summed E-state index contributed by atoms with van der Waals surface area (Å²) in [5, 5.41) is 0. The number of carbonyl (C=O) groups excluding carboxylic acids is 3. The molecule has 32 heavy (non-hydrogen) atoms. The summed E-state index contributed by atoms with van der Waals surface area (Å²) in [4.78, 5) is 48.0. The number of hydrogen-bond acceptors (Lipinski definition) is 4. The average Bonchev–Trinajstić information content (AvgIpc) is 3.15. The Hall–Kier alpha value is -3.22. The number of likely N-dealkylation sites (tertiary alicyclic amines) is 1. The van der Waals surface area contributed by atoms with Crippen molar-refractivity contribution in [2.24, 2.45) is 5.92 Å². The van der Waals surface area contributed by atoms with Gasteiger partial charge in [0.2, 0.25) is 17.7 Å². The van der Waals surface area contributed by atoms with Gasteiger partial charge in [0.25, 0.3) is 0 Å². The van der Waals surface area contributed by atoms with Crippen molar-refractivity contribution in [2.45, 2.75) is 32.2 Å². The molecule has 0 spiro atoms. The number of carbonyl (C=O) groups is 3. The molecule has 0 saturated carbocycles. The van der Waals surface area contributed by atoms with E-state index in [1.165, 1.54) is 0 Å². The molecule has 1 aromatic heterocycles. The number of benzene rings is 1. The van der Waals surface area contributed by atoms with E-state index < -0.39 is 6.04 Å². The Morgan fingerprint density at radius 3 is 2.50 bits per heavy atom. The van der Waals surface area contributed by atoms with Crippen molar-refractivity contribution in [3.63, 3.8) is 0 Å². The maximum Gasteiger partial charge on any atom is 0.245 e. The van der Waals surface area contributed by atoms with Crippen LogP contribution in [-0.2, 0) is 20.8 Å². The van der Waals surface area contributed by atoms with E-state index in [9.17, 15) is 14.4 Å². The quantitative estimate of drug-likeness (QED) is 0.699. The van der Waals surface area contributed by atoms with Crippen molar-refractivity contribution in [1.29, 1.82) is 0 Å². The molecule has 1 aromatic carbocycles. The van der Waals surface area contributed by atoms with Crippen LogP contribution >= 0.6 is 0 Å². The van der Waals surface area contributed by atoms with Crippen LogP contribution in [0.5, 0.6) is 0 Å². The van der Waals surface area contributed by atoms with E-state index in [0.717, 1.165) is 23.1 Å². The Labute approximate surface area is 189 Å². The highest BCUT2D eigenvalue weighted by molar-refractivity contribution is 5.93. The maximum atomic E-state index is 13.3. The molecular formula is C25H30N4O3. The highest BCUT2D eigenvalue weighted by Crippen LogP contribution is 2.25. The minimum absolute atomic E-state index is 0.000430. The van der Waals surface area contributed by atoms with E-state index in [-0.39, 0.29) is 30.1 Å². The standard InChI is InChI=1S/C25H30N4O3/c1-3-11-28-12-13-29(24(31)21-15-23(30)27(2)17-21)22(25(28)32)14-18-6-8-19(9-7-18)20-5-4-10-26-16-20/h4-10,16,21-22H,3,11-15,17H2,1-2H3/t21-,22+/m1/s1. The fourth-order valence-electron chi connectivity index (χ4n) is 4.65. The van der Waals surface area contributed by atoms with Gasteiger partial charge < -0.3 is 14.7 Å².